The van der Waals surface area contributed by atoms with Gasteiger partial charge in [-0.25, -0.2) is 15.0 Å². The molecular weight excluding hydrogens is 428 g/mol. The van der Waals surface area contributed by atoms with Gasteiger partial charge in [-0.3, -0.25) is 9.89 Å². The summed E-state index contributed by atoms with van der Waals surface area (Å²) in [5.74, 6) is -0.0130. The van der Waals surface area contributed by atoms with Crippen LogP contribution in [0.25, 0.3) is 33.4 Å². The summed E-state index contributed by atoms with van der Waals surface area (Å²) < 4.78 is 1.64. The first kappa shape index (κ1) is 19.7. The van der Waals surface area contributed by atoms with Crippen molar-refractivity contribution in [1.29, 1.82) is 0 Å². The van der Waals surface area contributed by atoms with Crippen molar-refractivity contribution >= 4 is 40.0 Å². The Hall–Kier alpha value is -4.24. The van der Waals surface area contributed by atoms with Crippen molar-refractivity contribution in [2.45, 2.75) is 6.54 Å². The number of rotatable bonds is 5. The number of hydrogen-bond acceptors (Lipinski definition) is 6. The molecule has 0 aliphatic carbocycles. The fourth-order valence-corrected chi connectivity index (χ4v) is 3.68. The van der Waals surface area contributed by atoms with E-state index in [1.54, 1.807) is 35.6 Å². The average Bonchev–Trinajstić information content (AvgIpc) is 3.47. The van der Waals surface area contributed by atoms with E-state index in [0.717, 1.165) is 22.0 Å². The average molecular weight is 445 g/mol. The molecule has 0 spiro atoms. The van der Waals surface area contributed by atoms with Crippen molar-refractivity contribution in [3.05, 3.63) is 72.4 Å². The molecule has 5 aromatic rings. The predicted octanol–water partition coefficient (Wildman–Crippen LogP) is 3.76. The Morgan fingerprint density at radius 1 is 1.12 bits per heavy atom. The van der Waals surface area contributed by atoms with Crippen molar-refractivity contribution in [2.75, 3.05) is 11.1 Å². The second kappa shape index (κ2) is 8.12. The van der Waals surface area contributed by atoms with Crippen LogP contribution in [0.15, 0.2) is 67.4 Å². The highest BCUT2D eigenvalue weighted by Crippen LogP contribution is 2.35. The highest BCUT2D eigenvalue weighted by molar-refractivity contribution is 6.35. The van der Waals surface area contributed by atoms with Crippen molar-refractivity contribution in [1.82, 2.24) is 29.7 Å². The first-order valence-electron chi connectivity index (χ1n) is 9.70. The van der Waals surface area contributed by atoms with Crippen LogP contribution in [-0.4, -0.2) is 35.6 Å². The predicted molar refractivity (Wildman–Crippen MR) is 123 cm³/mol. The maximum absolute atomic E-state index is 12.5. The monoisotopic (exact) mass is 444 g/mol. The second-order valence-electron chi connectivity index (χ2n) is 7.10. The fourth-order valence-electron chi connectivity index (χ4n) is 3.41. The van der Waals surface area contributed by atoms with Crippen LogP contribution in [0.3, 0.4) is 0 Å². The molecule has 1 amide bonds. The number of aromatic nitrogens is 6. The van der Waals surface area contributed by atoms with Gasteiger partial charge in [0.15, 0.2) is 11.6 Å². The number of carbonyl (C=O) groups excluding carboxylic acids is 1. The van der Waals surface area contributed by atoms with Gasteiger partial charge in [-0.05, 0) is 12.1 Å². The molecule has 0 bridgehead atoms. The topological polar surface area (TPSA) is 127 Å². The maximum atomic E-state index is 12.5. The molecule has 158 valence electrons. The number of halogens is 1. The third-order valence-electron chi connectivity index (χ3n) is 4.89. The van der Waals surface area contributed by atoms with Gasteiger partial charge in [0, 0.05) is 28.9 Å². The van der Waals surface area contributed by atoms with Gasteiger partial charge in [0.1, 0.15) is 6.54 Å². The molecule has 9 nitrogen and oxygen atoms in total. The molecular formula is C22H17ClN8O. The lowest BCUT2D eigenvalue weighted by atomic mass is 10.0. The second-order valence-corrected chi connectivity index (χ2v) is 7.50. The zero-order valence-electron chi connectivity index (χ0n) is 16.7. The summed E-state index contributed by atoms with van der Waals surface area (Å²) in [5.41, 5.74) is 9.58. The van der Waals surface area contributed by atoms with Crippen molar-refractivity contribution in [3.63, 3.8) is 0 Å². The van der Waals surface area contributed by atoms with E-state index in [9.17, 15) is 4.79 Å². The molecule has 32 heavy (non-hydrogen) atoms. The number of imidazole rings is 1. The van der Waals surface area contributed by atoms with Crippen LogP contribution < -0.4 is 11.1 Å². The standard InChI is InChI=1S/C22H17ClN8O/c23-16-9-14(8-15-10-26-30-18(15)16)20-19(13-4-2-1-3-5-13)28-21(24)22(29-20)27-17(32)11-31-7-6-25-12-31/h1-10,12H,11H2,(H2,24,28)(H,26,30)(H,27,29,32). The number of aromatic amines is 1. The Morgan fingerprint density at radius 3 is 2.72 bits per heavy atom. The minimum Gasteiger partial charge on any atom is -0.381 e. The molecule has 2 aromatic carbocycles. The number of H-pyrrole nitrogens is 1. The SMILES string of the molecule is Nc1nc(-c2ccccc2)c(-c2cc(Cl)c3[nH]ncc3c2)nc1NC(=O)Cn1ccnc1. The van der Waals surface area contributed by atoms with Gasteiger partial charge in [0.2, 0.25) is 5.91 Å². The molecule has 3 aromatic heterocycles. The van der Waals surface area contributed by atoms with E-state index in [1.807, 2.05) is 36.4 Å². The van der Waals surface area contributed by atoms with Crippen LogP contribution in [0.1, 0.15) is 0 Å². The van der Waals surface area contributed by atoms with E-state index in [2.05, 4.69) is 30.5 Å². The van der Waals surface area contributed by atoms with Crippen LogP contribution in [-0.2, 0) is 11.3 Å². The molecule has 0 unspecified atom stereocenters. The molecule has 5 rings (SSSR count). The summed E-state index contributed by atoms with van der Waals surface area (Å²) in [6.45, 7) is 0.0731. The van der Waals surface area contributed by atoms with Crippen LogP contribution in [0.2, 0.25) is 5.02 Å². The summed E-state index contributed by atoms with van der Waals surface area (Å²) in [6.07, 6.45) is 6.54. The van der Waals surface area contributed by atoms with E-state index >= 15 is 0 Å². The van der Waals surface area contributed by atoms with Gasteiger partial charge in [0.05, 0.1) is 34.5 Å². The molecule has 0 saturated carbocycles. The van der Waals surface area contributed by atoms with E-state index in [4.69, 9.17) is 17.3 Å². The molecule has 4 N–H and O–H groups in total. The quantitative estimate of drug-likeness (QED) is 0.378. The van der Waals surface area contributed by atoms with Crippen LogP contribution in [0, 0.1) is 0 Å². The van der Waals surface area contributed by atoms with E-state index < -0.39 is 0 Å². The molecule has 0 fully saturated rings. The smallest absolute Gasteiger partial charge is 0.245 e. The highest BCUT2D eigenvalue weighted by Gasteiger charge is 2.18. The van der Waals surface area contributed by atoms with Gasteiger partial charge in [0.25, 0.3) is 0 Å². The van der Waals surface area contributed by atoms with E-state index in [-0.39, 0.29) is 24.1 Å². The third-order valence-corrected chi connectivity index (χ3v) is 5.19. The van der Waals surface area contributed by atoms with Crippen LogP contribution in [0.4, 0.5) is 11.6 Å². The van der Waals surface area contributed by atoms with E-state index in [0.29, 0.717) is 16.4 Å². The molecule has 0 atom stereocenters. The van der Waals surface area contributed by atoms with Crippen molar-refractivity contribution < 1.29 is 4.79 Å². The molecule has 0 saturated heterocycles. The highest BCUT2D eigenvalue weighted by atomic mass is 35.5. The van der Waals surface area contributed by atoms with Crippen molar-refractivity contribution in [3.8, 4) is 22.5 Å². The zero-order chi connectivity index (χ0) is 22.1. The van der Waals surface area contributed by atoms with Gasteiger partial charge in [-0.1, -0.05) is 41.9 Å². The van der Waals surface area contributed by atoms with Gasteiger partial charge < -0.3 is 15.6 Å². The number of amides is 1. The molecule has 0 aliphatic rings. The van der Waals surface area contributed by atoms with Crippen LogP contribution in [0.5, 0.6) is 0 Å². The number of anilines is 2. The maximum Gasteiger partial charge on any atom is 0.245 e. The Kier molecular flexibility index (Phi) is 5.00. The molecule has 3 heterocycles. The van der Waals surface area contributed by atoms with Gasteiger partial charge >= 0.3 is 0 Å². The Labute approximate surface area is 187 Å². The number of nitrogens with one attached hydrogen (secondary N) is 2. The normalized spacial score (nSPS) is 11.0. The summed E-state index contributed by atoms with van der Waals surface area (Å²) in [6, 6.07) is 13.3. The summed E-state index contributed by atoms with van der Waals surface area (Å²) in [5, 5.41) is 11.0. The van der Waals surface area contributed by atoms with Gasteiger partial charge in [-0.2, -0.15) is 5.10 Å². The minimum absolute atomic E-state index is 0.0731. The van der Waals surface area contributed by atoms with Crippen LogP contribution >= 0.6 is 11.6 Å². The lowest BCUT2D eigenvalue weighted by molar-refractivity contribution is -0.116. The van der Waals surface area contributed by atoms with Crippen molar-refractivity contribution in [2.24, 2.45) is 0 Å². The Morgan fingerprint density at radius 2 is 1.94 bits per heavy atom. The summed E-state index contributed by atoms with van der Waals surface area (Å²) >= 11 is 6.46. The number of carbonyl (C=O) groups is 1. The number of nitrogen functional groups attached to an aromatic ring is 1. The van der Waals surface area contributed by atoms with E-state index in [1.165, 1.54) is 0 Å². The number of hydrogen-bond donors (Lipinski definition) is 3. The fraction of sp³-hybridized carbons (Fsp3) is 0.0455. The molecule has 10 heteroatoms. The minimum atomic E-state index is -0.300. The first-order valence-corrected chi connectivity index (χ1v) is 10.1. The molecule has 0 aliphatic heterocycles. The number of fused-ring (bicyclic) bond motifs is 1. The Bertz CT molecular complexity index is 1410. The third kappa shape index (κ3) is 3.77. The summed E-state index contributed by atoms with van der Waals surface area (Å²) in [4.78, 5) is 25.7. The number of nitrogens with zero attached hydrogens (tertiary/aromatic N) is 5. The zero-order valence-corrected chi connectivity index (χ0v) is 17.4. The largest absolute Gasteiger partial charge is 0.381 e. The lowest BCUT2D eigenvalue weighted by Crippen LogP contribution is -2.20. The number of benzene rings is 2. The summed E-state index contributed by atoms with van der Waals surface area (Å²) in [7, 11) is 0. The van der Waals surface area contributed by atoms with Gasteiger partial charge in [-0.15, -0.1) is 0 Å². The number of nitrogens with two attached hydrogens (primary N) is 1. The Balaban J connectivity index is 1.61. The molecule has 0 radical (unpaired) electrons. The lowest BCUT2D eigenvalue weighted by Gasteiger charge is -2.14. The first-order chi connectivity index (χ1) is 15.6.